The summed E-state index contributed by atoms with van der Waals surface area (Å²) in [4.78, 5) is 11.3. The molecule has 0 aliphatic rings. The van der Waals surface area contributed by atoms with E-state index in [9.17, 15) is 15.1 Å². The number of hydrogen-bond acceptors (Lipinski definition) is 4. The highest BCUT2D eigenvalue weighted by molar-refractivity contribution is 4.90. The number of aliphatic hydroxyl groups is 2. The maximum absolute atomic E-state index is 11.3. The van der Waals surface area contributed by atoms with E-state index < -0.39 is 17.7 Å². The average molecular weight is 344 g/mol. The van der Waals surface area contributed by atoms with E-state index in [0.29, 0.717) is 19.3 Å². The molecule has 0 saturated carbocycles. The van der Waals surface area contributed by atoms with E-state index >= 15 is 0 Å². The van der Waals surface area contributed by atoms with Gasteiger partial charge in [-0.05, 0) is 20.3 Å². The molecule has 2 N–H and O–H groups in total. The SMILES string of the molecule is CCCCCCCCCCCCCC(CC(C)O)(CC(C)O)N=O. The number of rotatable bonds is 17. The second-order valence-electron chi connectivity index (χ2n) is 7.71. The highest BCUT2D eigenvalue weighted by Gasteiger charge is 2.34. The third-order valence-electron chi connectivity index (χ3n) is 4.79. The van der Waals surface area contributed by atoms with Gasteiger partial charge in [0.1, 0.15) is 5.54 Å². The van der Waals surface area contributed by atoms with Crippen LogP contribution in [0.3, 0.4) is 0 Å². The molecule has 0 heterocycles. The molecular weight excluding hydrogens is 302 g/mol. The Labute approximate surface area is 149 Å². The van der Waals surface area contributed by atoms with E-state index in [-0.39, 0.29) is 0 Å². The number of unbranched alkanes of at least 4 members (excludes halogenated alkanes) is 10. The minimum Gasteiger partial charge on any atom is -0.393 e. The van der Waals surface area contributed by atoms with Gasteiger partial charge in [0.15, 0.2) is 0 Å². The maximum atomic E-state index is 11.3. The fraction of sp³-hybridized carbons (Fsp3) is 1.00. The van der Waals surface area contributed by atoms with Crippen LogP contribution in [0.25, 0.3) is 0 Å². The summed E-state index contributed by atoms with van der Waals surface area (Å²) < 4.78 is 0. The van der Waals surface area contributed by atoms with Gasteiger partial charge in [-0.1, -0.05) is 82.7 Å². The summed E-state index contributed by atoms with van der Waals surface area (Å²) in [6, 6.07) is 0. The van der Waals surface area contributed by atoms with Gasteiger partial charge in [-0.2, -0.15) is 4.91 Å². The highest BCUT2D eigenvalue weighted by atomic mass is 16.3. The van der Waals surface area contributed by atoms with Crippen molar-refractivity contribution < 1.29 is 10.2 Å². The fourth-order valence-corrected chi connectivity index (χ4v) is 3.63. The van der Waals surface area contributed by atoms with Gasteiger partial charge in [0, 0.05) is 12.8 Å². The Balaban J connectivity index is 3.82. The molecule has 0 amide bonds. The molecule has 2 unspecified atom stereocenters. The molecule has 0 aromatic rings. The predicted molar refractivity (Wildman–Crippen MR) is 102 cm³/mol. The van der Waals surface area contributed by atoms with Crippen molar-refractivity contribution in [1.29, 1.82) is 0 Å². The van der Waals surface area contributed by atoms with E-state index in [1.165, 1.54) is 57.8 Å². The summed E-state index contributed by atoms with van der Waals surface area (Å²) in [7, 11) is 0. The van der Waals surface area contributed by atoms with E-state index in [4.69, 9.17) is 0 Å². The molecule has 4 heteroatoms. The smallest absolute Gasteiger partial charge is 0.107 e. The summed E-state index contributed by atoms with van der Waals surface area (Å²) in [5, 5.41) is 22.6. The standard InChI is InChI=1S/C20H41NO3/c1-4-5-6-7-8-9-10-11-12-13-14-15-20(21-24,16-18(2)22)17-19(3)23/h18-19,22-23H,4-17H2,1-3H3. The summed E-state index contributed by atoms with van der Waals surface area (Å²) in [5.74, 6) is 0. The van der Waals surface area contributed by atoms with Crippen molar-refractivity contribution >= 4 is 0 Å². The first kappa shape index (κ1) is 23.5. The van der Waals surface area contributed by atoms with Crippen LogP contribution in [0.2, 0.25) is 0 Å². The van der Waals surface area contributed by atoms with Crippen molar-refractivity contribution in [3.05, 3.63) is 4.91 Å². The van der Waals surface area contributed by atoms with Gasteiger partial charge in [-0.3, -0.25) is 0 Å². The van der Waals surface area contributed by atoms with E-state index in [0.717, 1.165) is 12.8 Å². The second kappa shape index (κ2) is 14.8. The highest BCUT2D eigenvalue weighted by Crippen LogP contribution is 2.31. The fourth-order valence-electron chi connectivity index (χ4n) is 3.63. The van der Waals surface area contributed by atoms with Gasteiger partial charge in [0.2, 0.25) is 0 Å². The van der Waals surface area contributed by atoms with Crippen LogP contribution >= 0.6 is 0 Å². The molecule has 0 aromatic heterocycles. The molecule has 4 nitrogen and oxygen atoms in total. The number of hydrogen-bond donors (Lipinski definition) is 2. The van der Waals surface area contributed by atoms with Crippen LogP contribution in [0, 0.1) is 4.91 Å². The monoisotopic (exact) mass is 343 g/mol. The lowest BCUT2D eigenvalue weighted by atomic mass is 9.83. The lowest BCUT2D eigenvalue weighted by molar-refractivity contribution is 0.0987. The summed E-state index contributed by atoms with van der Waals surface area (Å²) >= 11 is 0. The van der Waals surface area contributed by atoms with Crippen LogP contribution < -0.4 is 0 Å². The average Bonchev–Trinajstić information content (AvgIpc) is 2.51. The Morgan fingerprint density at radius 1 is 0.750 bits per heavy atom. The molecule has 0 aromatic carbocycles. The molecular formula is C20H41NO3. The Hall–Kier alpha value is -0.480. The lowest BCUT2D eigenvalue weighted by Crippen LogP contribution is -2.34. The lowest BCUT2D eigenvalue weighted by Gasteiger charge is -2.29. The molecule has 0 rings (SSSR count). The van der Waals surface area contributed by atoms with Gasteiger partial charge in [0.05, 0.1) is 12.2 Å². The van der Waals surface area contributed by atoms with Crippen molar-refractivity contribution in [2.45, 2.75) is 128 Å². The normalized spacial score (nSPS) is 16.5. The Bertz CT molecular complexity index is 283. The molecule has 144 valence electrons. The van der Waals surface area contributed by atoms with Crippen LogP contribution in [0.1, 0.15) is 111 Å². The van der Waals surface area contributed by atoms with E-state index in [2.05, 4.69) is 12.1 Å². The van der Waals surface area contributed by atoms with Crippen LogP contribution in [0.4, 0.5) is 0 Å². The van der Waals surface area contributed by atoms with Crippen LogP contribution in [-0.4, -0.2) is 28.0 Å². The third kappa shape index (κ3) is 12.9. The van der Waals surface area contributed by atoms with Gasteiger partial charge in [-0.25, -0.2) is 0 Å². The molecule has 0 radical (unpaired) electrons. The first-order valence-corrected chi connectivity index (χ1v) is 10.2. The Kier molecular flexibility index (Phi) is 14.5. The topological polar surface area (TPSA) is 69.9 Å². The zero-order valence-corrected chi connectivity index (χ0v) is 16.3. The first-order valence-electron chi connectivity index (χ1n) is 10.2. The van der Waals surface area contributed by atoms with Crippen LogP contribution in [0.5, 0.6) is 0 Å². The first-order chi connectivity index (χ1) is 11.5. The molecule has 2 atom stereocenters. The largest absolute Gasteiger partial charge is 0.393 e. The molecule has 0 bridgehead atoms. The van der Waals surface area contributed by atoms with Crippen molar-refractivity contribution in [2.75, 3.05) is 0 Å². The zero-order chi connectivity index (χ0) is 18.3. The number of aliphatic hydroxyl groups excluding tert-OH is 2. The van der Waals surface area contributed by atoms with Gasteiger partial charge >= 0.3 is 0 Å². The van der Waals surface area contributed by atoms with Crippen molar-refractivity contribution in [3.8, 4) is 0 Å². The van der Waals surface area contributed by atoms with E-state index in [1.54, 1.807) is 13.8 Å². The second-order valence-corrected chi connectivity index (χ2v) is 7.71. The molecule has 0 aliphatic heterocycles. The molecule has 0 saturated heterocycles. The van der Waals surface area contributed by atoms with Crippen LogP contribution in [0.15, 0.2) is 5.18 Å². The number of nitroso groups, excluding NO2 is 1. The minimum atomic E-state index is -0.804. The summed E-state index contributed by atoms with van der Waals surface area (Å²) in [6.45, 7) is 5.61. The predicted octanol–water partition coefficient (Wildman–Crippen LogP) is 5.73. The van der Waals surface area contributed by atoms with Crippen molar-refractivity contribution in [3.63, 3.8) is 0 Å². The summed E-state index contributed by atoms with van der Waals surface area (Å²) in [5.41, 5.74) is -0.804. The Morgan fingerprint density at radius 2 is 1.12 bits per heavy atom. The Morgan fingerprint density at radius 3 is 1.46 bits per heavy atom. The van der Waals surface area contributed by atoms with Crippen molar-refractivity contribution in [1.82, 2.24) is 0 Å². The van der Waals surface area contributed by atoms with Gasteiger partial charge in [0.25, 0.3) is 0 Å². The summed E-state index contributed by atoms with van der Waals surface area (Å²) in [6.07, 6.45) is 14.2. The number of nitrogens with zero attached hydrogens (tertiary/aromatic N) is 1. The quantitative estimate of drug-likeness (QED) is 0.261. The van der Waals surface area contributed by atoms with Crippen LogP contribution in [-0.2, 0) is 0 Å². The van der Waals surface area contributed by atoms with E-state index in [1.807, 2.05) is 0 Å². The third-order valence-corrected chi connectivity index (χ3v) is 4.79. The van der Waals surface area contributed by atoms with Crippen molar-refractivity contribution in [2.24, 2.45) is 5.18 Å². The molecule has 24 heavy (non-hydrogen) atoms. The molecule has 0 aliphatic carbocycles. The van der Waals surface area contributed by atoms with Gasteiger partial charge in [-0.15, -0.1) is 0 Å². The van der Waals surface area contributed by atoms with Gasteiger partial charge < -0.3 is 10.2 Å². The minimum absolute atomic E-state index is 0.346. The maximum Gasteiger partial charge on any atom is 0.107 e. The zero-order valence-electron chi connectivity index (χ0n) is 16.3. The molecule has 0 spiro atoms. The molecule has 0 fully saturated rings.